The second kappa shape index (κ2) is 7.23. The van der Waals surface area contributed by atoms with E-state index in [4.69, 9.17) is 21.1 Å². The molecule has 2 aromatic rings. The van der Waals surface area contributed by atoms with Crippen LogP contribution in [0.2, 0.25) is 5.02 Å². The smallest absolute Gasteiger partial charge is 0.255 e. The fraction of sp³-hybridized carbons (Fsp3) is 0.316. The van der Waals surface area contributed by atoms with Gasteiger partial charge in [0.15, 0.2) is 11.5 Å². The predicted octanol–water partition coefficient (Wildman–Crippen LogP) is 4.38. The van der Waals surface area contributed by atoms with Crippen LogP contribution in [-0.2, 0) is 0 Å². The van der Waals surface area contributed by atoms with Crippen LogP contribution in [-0.4, -0.2) is 18.6 Å². The number of rotatable bonds is 5. The van der Waals surface area contributed by atoms with Crippen molar-refractivity contribution in [3.63, 3.8) is 0 Å². The zero-order valence-corrected chi connectivity index (χ0v) is 15.2. The highest BCUT2D eigenvalue weighted by molar-refractivity contribution is 6.32. The zero-order valence-electron chi connectivity index (χ0n) is 14.4. The average molecular weight is 361 g/mol. The summed E-state index contributed by atoms with van der Waals surface area (Å²) in [6.45, 7) is 6.25. The minimum Gasteiger partial charge on any atom is -0.490 e. The van der Waals surface area contributed by atoms with Crippen LogP contribution in [0.15, 0.2) is 36.4 Å². The summed E-state index contributed by atoms with van der Waals surface area (Å²) >= 11 is 6.42. The summed E-state index contributed by atoms with van der Waals surface area (Å²) in [5.74, 6) is 0.953. The van der Waals surface area contributed by atoms with Crippen LogP contribution in [0.1, 0.15) is 42.9 Å². The van der Waals surface area contributed by atoms with E-state index in [9.17, 15) is 4.79 Å². The number of nitrogens with one attached hydrogen (secondary N) is 2. The molecule has 2 aromatic carbocycles. The van der Waals surface area contributed by atoms with Gasteiger partial charge in [-0.1, -0.05) is 23.7 Å². The van der Waals surface area contributed by atoms with Crippen molar-refractivity contribution in [2.45, 2.75) is 33.0 Å². The van der Waals surface area contributed by atoms with E-state index in [1.54, 1.807) is 12.1 Å². The van der Waals surface area contributed by atoms with Crippen LogP contribution >= 0.6 is 11.6 Å². The molecule has 132 valence electrons. The van der Waals surface area contributed by atoms with Crippen molar-refractivity contribution in [2.75, 3.05) is 11.9 Å². The molecule has 1 atom stereocenters. The van der Waals surface area contributed by atoms with Crippen molar-refractivity contribution < 1.29 is 14.3 Å². The van der Waals surface area contributed by atoms with Gasteiger partial charge in [-0.05, 0) is 50.6 Å². The van der Waals surface area contributed by atoms with Crippen LogP contribution in [0.5, 0.6) is 11.5 Å². The van der Waals surface area contributed by atoms with Crippen LogP contribution < -0.4 is 20.1 Å². The molecular weight excluding hydrogens is 340 g/mol. The van der Waals surface area contributed by atoms with E-state index >= 15 is 0 Å². The van der Waals surface area contributed by atoms with E-state index in [1.165, 1.54) is 0 Å². The van der Waals surface area contributed by atoms with Gasteiger partial charge in [0.25, 0.3) is 5.91 Å². The first-order valence-electron chi connectivity index (χ1n) is 8.29. The first-order chi connectivity index (χ1) is 12.0. The lowest BCUT2D eigenvalue weighted by molar-refractivity contribution is 0.0935. The van der Waals surface area contributed by atoms with Gasteiger partial charge in [0.05, 0.1) is 23.3 Å². The zero-order chi connectivity index (χ0) is 18.0. The maximum Gasteiger partial charge on any atom is 0.255 e. The van der Waals surface area contributed by atoms with Gasteiger partial charge in [-0.2, -0.15) is 0 Å². The fourth-order valence-electron chi connectivity index (χ4n) is 2.74. The van der Waals surface area contributed by atoms with E-state index in [2.05, 4.69) is 10.6 Å². The third-order valence-corrected chi connectivity index (χ3v) is 4.05. The standard InChI is InChI=1S/C19H21ClN2O3/c1-4-24-16-10-12(9-14(20)17(16)25-11(2)3)18-21-15-8-6-5-7-13(15)19(23)22-18/h5-11,18,21H,4H2,1-3H3,(H,22,23). The van der Waals surface area contributed by atoms with Gasteiger partial charge < -0.3 is 20.1 Å². The second-order valence-electron chi connectivity index (χ2n) is 6.03. The Bertz CT molecular complexity index is 792. The molecule has 0 fully saturated rings. The summed E-state index contributed by atoms with van der Waals surface area (Å²) < 4.78 is 11.5. The summed E-state index contributed by atoms with van der Waals surface area (Å²) in [5, 5.41) is 6.70. The molecule has 1 aliphatic heterocycles. The van der Waals surface area contributed by atoms with Gasteiger partial charge >= 0.3 is 0 Å². The van der Waals surface area contributed by atoms with Gasteiger partial charge in [-0.3, -0.25) is 4.79 Å². The molecular formula is C19H21ClN2O3. The number of fused-ring (bicyclic) bond motifs is 1. The summed E-state index contributed by atoms with van der Waals surface area (Å²) in [7, 11) is 0. The molecule has 0 bridgehead atoms. The molecule has 2 N–H and O–H groups in total. The van der Waals surface area contributed by atoms with Crippen LogP contribution in [0, 0.1) is 0 Å². The molecule has 0 saturated heterocycles. The van der Waals surface area contributed by atoms with E-state index in [1.807, 2.05) is 45.0 Å². The van der Waals surface area contributed by atoms with Crippen molar-refractivity contribution in [1.82, 2.24) is 5.32 Å². The first kappa shape index (κ1) is 17.4. The summed E-state index contributed by atoms with van der Waals surface area (Å²) in [6, 6.07) is 11.0. The molecule has 0 aliphatic carbocycles. The van der Waals surface area contributed by atoms with Gasteiger partial charge in [0.2, 0.25) is 0 Å². The molecule has 1 heterocycles. The minimum absolute atomic E-state index is 0.0260. The Kier molecular flexibility index (Phi) is 5.04. The summed E-state index contributed by atoms with van der Waals surface area (Å²) in [5.41, 5.74) is 2.20. The summed E-state index contributed by atoms with van der Waals surface area (Å²) in [6.07, 6.45) is -0.422. The molecule has 0 aromatic heterocycles. The van der Waals surface area contributed by atoms with E-state index < -0.39 is 6.17 Å². The Morgan fingerprint density at radius 3 is 2.68 bits per heavy atom. The molecule has 5 nitrogen and oxygen atoms in total. The van der Waals surface area contributed by atoms with Gasteiger partial charge in [0, 0.05) is 5.69 Å². The SMILES string of the molecule is CCOc1cc(C2NC(=O)c3ccccc3N2)cc(Cl)c1OC(C)C. The maximum atomic E-state index is 12.3. The van der Waals surface area contributed by atoms with Crippen LogP contribution in [0.25, 0.3) is 0 Å². The number of para-hydroxylation sites is 1. The van der Waals surface area contributed by atoms with Crippen molar-refractivity contribution in [3.05, 3.63) is 52.5 Å². The van der Waals surface area contributed by atoms with Crippen LogP contribution in [0.3, 0.4) is 0 Å². The lowest BCUT2D eigenvalue weighted by Crippen LogP contribution is -2.38. The van der Waals surface area contributed by atoms with E-state index in [-0.39, 0.29) is 12.0 Å². The molecule has 0 spiro atoms. The lowest BCUT2D eigenvalue weighted by atomic mass is 10.1. The molecule has 3 rings (SSSR count). The number of hydrogen-bond acceptors (Lipinski definition) is 4. The van der Waals surface area contributed by atoms with Crippen molar-refractivity contribution in [1.29, 1.82) is 0 Å². The van der Waals surface area contributed by atoms with Crippen LogP contribution in [0.4, 0.5) is 5.69 Å². The molecule has 0 saturated carbocycles. The number of hydrogen-bond donors (Lipinski definition) is 2. The third-order valence-electron chi connectivity index (χ3n) is 3.77. The number of ether oxygens (including phenoxy) is 2. The highest BCUT2D eigenvalue weighted by Crippen LogP contribution is 2.39. The number of benzene rings is 2. The Labute approximate surface area is 152 Å². The third kappa shape index (κ3) is 3.66. The number of carbonyl (C=O) groups is 1. The maximum absolute atomic E-state index is 12.3. The summed E-state index contributed by atoms with van der Waals surface area (Å²) in [4.78, 5) is 12.3. The van der Waals surface area contributed by atoms with Crippen molar-refractivity contribution in [3.8, 4) is 11.5 Å². The number of carbonyl (C=O) groups excluding carboxylic acids is 1. The molecule has 6 heteroatoms. The van der Waals surface area contributed by atoms with Crippen molar-refractivity contribution in [2.24, 2.45) is 0 Å². The number of halogens is 1. The predicted molar refractivity (Wildman–Crippen MR) is 98.7 cm³/mol. The van der Waals surface area contributed by atoms with Crippen molar-refractivity contribution >= 4 is 23.2 Å². The number of amides is 1. The number of anilines is 1. The fourth-order valence-corrected chi connectivity index (χ4v) is 3.01. The topological polar surface area (TPSA) is 59.6 Å². The average Bonchev–Trinajstić information content (AvgIpc) is 2.57. The Balaban J connectivity index is 1.97. The van der Waals surface area contributed by atoms with Gasteiger partial charge in [-0.25, -0.2) is 0 Å². The molecule has 0 radical (unpaired) electrons. The van der Waals surface area contributed by atoms with Gasteiger partial charge in [-0.15, -0.1) is 0 Å². The molecule has 1 unspecified atom stereocenters. The largest absolute Gasteiger partial charge is 0.490 e. The second-order valence-corrected chi connectivity index (χ2v) is 6.43. The monoisotopic (exact) mass is 360 g/mol. The highest BCUT2D eigenvalue weighted by atomic mass is 35.5. The Hall–Kier alpha value is -2.40. The van der Waals surface area contributed by atoms with E-state index in [0.717, 1.165) is 11.3 Å². The Morgan fingerprint density at radius 2 is 1.96 bits per heavy atom. The quantitative estimate of drug-likeness (QED) is 0.830. The molecule has 25 heavy (non-hydrogen) atoms. The lowest BCUT2D eigenvalue weighted by Gasteiger charge is -2.29. The first-order valence-corrected chi connectivity index (χ1v) is 8.66. The molecule has 1 aliphatic rings. The molecule has 1 amide bonds. The normalized spacial score (nSPS) is 16.0. The Morgan fingerprint density at radius 1 is 1.20 bits per heavy atom. The van der Waals surface area contributed by atoms with E-state index in [0.29, 0.717) is 28.7 Å². The van der Waals surface area contributed by atoms with Gasteiger partial charge in [0.1, 0.15) is 6.17 Å². The minimum atomic E-state index is -0.396. The highest BCUT2D eigenvalue weighted by Gasteiger charge is 2.26.